The Morgan fingerprint density at radius 3 is 2.29 bits per heavy atom. The fourth-order valence-electron chi connectivity index (χ4n) is 1.87. The van der Waals surface area contributed by atoms with Crippen LogP contribution in [0.5, 0.6) is 11.5 Å². The fourth-order valence-corrected chi connectivity index (χ4v) is 1.87. The second-order valence-corrected chi connectivity index (χ2v) is 4.44. The standard InChI is InChI=1S/C15H15NO5/c17-8-7-11-1-4-13(5-2-11)21-15-6-3-12(10-18)9-14(15)16(19)20/h1-6,9,17-18H,7-8,10H2. The van der Waals surface area contributed by atoms with Crippen LogP contribution >= 0.6 is 0 Å². The summed E-state index contributed by atoms with van der Waals surface area (Å²) in [7, 11) is 0. The van der Waals surface area contributed by atoms with E-state index in [-0.39, 0.29) is 24.7 Å². The lowest BCUT2D eigenvalue weighted by Gasteiger charge is -2.08. The van der Waals surface area contributed by atoms with Crippen LogP contribution in [0.4, 0.5) is 5.69 Å². The van der Waals surface area contributed by atoms with E-state index in [1.807, 2.05) is 0 Å². The molecule has 6 nitrogen and oxygen atoms in total. The Labute approximate surface area is 121 Å². The van der Waals surface area contributed by atoms with Crippen LogP contribution in [0.1, 0.15) is 11.1 Å². The first-order valence-electron chi connectivity index (χ1n) is 6.40. The molecular formula is C15H15NO5. The maximum absolute atomic E-state index is 11.0. The minimum atomic E-state index is -0.547. The van der Waals surface area contributed by atoms with Crippen LogP contribution < -0.4 is 4.74 Å². The Bertz CT molecular complexity index is 624. The number of aliphatic hydroxyl groups is 2. The topological polar surface area (TPSA) is 92.8 Å². The van der Waals surface area contributed by atoms with Gasteiger partial charge in [0, 0.05) is 12.7 Å². The third-order valence-electron chi connectivity index (χ3n) is 2.95. The van der Waals surface area contributed by atoms with Gasteiger partial charge in [-0.25, -0.2) is 0 Å². The van der Waals surface area contributed by atoms with Gasteiger partial charge in [0.25, 0.3) is 0 Å². The number of nitrogens with zero attached hydrogens (tertiary/aromatic N) is 1. The number of aliphatic hydroxyl groups excluding tert-OH is 2. The average Bonchev–Trinajstić information content (AvgIpc) is 2.49. The minimum Gasteiger partial charge on any atom is -0.450 e. The van der Waals surface area contributed by atoms with Gasteiger partial charge in [-0.3, -0.25) is 10.1 Å². The van der Waals surface area contributed by atoms with Crippen molar-refractivity contribution in [3.8, 4) is 11.5 Å². The van der Waals surface area contributed by atoms with Crippen LogP contribution in [0, 0.1) is 10.1 Å². The minimum absolute atomic E-state index is 0.0638. The molecule has 6 heteroatoms. The lowest BCUT2D eigenvalue weighted by molar-refractivity contribution is -0.385. The monoisotopic (exact) mass is 289 g/mol. The molecule has 0 amide bonds. The predicted octanol–water partition coefficient (Wildman–Crippen LogP) is 2.41. The summed E-state index contributed by atoms with van der Waals surface area (Å²) in [6.07, 6.45) is 0.547. The molecule has 0 spiro atoms. The highest BCUT2D eigenvalue weighted by Gasteiger charge is 2.16. The molecule has 21 heavy (non-hydrogen) atoms. The third-order valence-corrected chi connectivity index (χ3v) is 2.95. The first-order chi connectivity index (χ1) is 10.1. The molecule has 0 radical (unpaired) electrons. The summed E-state index contributed by atoms with van der Waals surface area (Å²) in [6, 6.07) is 11.3. The van der Waals surface area contributed by atoms with Crippen molar-refractivity contribution >= 4 is 5.69 Å². The van der Waals surface area contributed by atoms with Gasteiger partial charge in [0.1, 0.15) is 5.75 Å². The summed E-state index contributed by atoms with van der Waals surface area (Å²) in [6.45, 7) is -0.203. The highest BCUT2D eigenvalue weighted by molar-refractivity contribution is 5.50. The van der Waals surface area contributed by atoms with Crippen molar-refractivity contribution in [2.24, 2.45) is 0 Å². The maximum Gasteiger partial charge on any atom is 0.311 e. The van der Waals surface area contributed by atoms with Gasteiger partial charge in [-0.2, -0.15) is 0 Å². The molecule has 0 fully saturated rings. The number of rotatable bonds is 6. The zero-order chi connectivity index (χ0) is 15.2. The molecule has 0 atom stereocenters. The van der Waals surface area contributed by atoms with Gasteiger partial charge >= 0.3 is 5.69 Å². The lowest BCUT2D eigenvalue weighted by atomic mass is 10.1. The molecule has 0 aliphatic carbocycles. The Balaban J connectivity index is 2.24. The molecule has 110 valence electrons. The molecule has 0 bridgehead atoms. The summed E-state index contributed by atoms with van der Waals surface area (Å²) < 4.78 is 5.52. The summed E-state index contributed by atoms with van der Waals surface area (Å²) in [5, 5.41) is 28.9. The molecule has 0 unspecified atom stereocenters. The van der Waals surface area contributed by atoms with Crippen LogP contribution in [0.15, 0.2) is 42.5 Å². The van der Waals surface area contributed by atoms with E-state index < -0.39 is 4.92 Å². The van der Waals surface area contributed by atoms with Gasteiger partial charge < -0.3 is 14.9 Å². The maximum atomic E-state index is 11.0. The number of nitro groups is 1. The number of nitro benzene ring substituents is 1. The van der Waals surface area contributed by atoms with Crippen molar-refractivity contribution in [3.63, 3.8) is 0 Å². The number of hydrogen-bond acceptors (Lipinski definition) is 5. The predicted molar refractivity (Wildman–Crippen MR) is 76.3 cm³/mol. The molecule has 0 heterocycles. The summed E-state index contributed by atoms with van der Waals surface area (Å²) in [5.41, 5.74) is 1.21. The van der Waals surface area contributed by atoms with Crippen LogP contribution in [0.25, 0.3) is 0 Å². The average molecular weight is 289 g/mol. The normalized spacial score (nSPS) is 10.4. The first kappa shape index (κ1) is 15.0. The zero-order valence-electron chi connectivity index (χ0n) is 11.2. The van der Waals surface area contributed by atoms with Crippen molar-refractivity contribution in [2.45, 2.75) is 13.0 Å². The van der Waals surface area contributed by atoms with E-state index in [1.165, 1.54) is 12.1 Å². The Morgan fingerprint density at radius 2 is 1.71 bits per heavy atom. The highest BCUT2D eigenvalue weighted by atomic mass is 16.6. The quantitative estimate of drug-likeness (QED) is 0.629. The molecule has 0 aromatic heterocycles. The van der Waals surface area contributed by atoms with Gasteiger partial charge in [-0.1, -0.05) is 18.2 Å². The van der Waals surface area contributed by atoms with E-state index in [0.29, 0.717) is 17.7 Å². The van der Waals surface area contributed by atoms with E-state index in [9.17, 15) is 10.1 Å². The van der Waals surface area contributed by atoms with Crippen molar-refractivity contribution in [2.75, 3.05) is 6.61 Å². The van der Waals surface area contributed by atoms with E-state index in [0.717, 1.165) is 5.56 Å². The second-order valence-electron chi connectivity index (χ2n) is 4.44. The van der Waals surface area contributed by atoms with Gasteiger partial charge in [0.2, 0.25) is 5.75 Å². The van der Waals surface area contributed by atoms with Crippen molar-refractivity contribution in [1.29, 1.82) is 0 Å². The summed E-state index contributed by atoms with van der Waals surface area (Å²) in [5.74, 6) is 0.587. The number of hydrogen-bond donors (Lipinski definition) is 2. The number of ether oxygens (including phenoxy) is 1. The first-order valence-corrected chi connectivity index (χ1v) is 6.40. The van der Waals surface area contributed by atoms with Crippen molar-refractivity contribution < 1.29 is 19.9 Å². The molecule has 0 aliphatic heterocycles. The van der Waals surface area contributed by atoms with Gasteiger partial charge in [-0.15, -0.1) is 0 Å². The van der Waals surface area contributed by atoms with Gasteiger partial charge in [0.15, 0.2) is 0 Å². The van der Waals surface area contributed by atoms with E-state index in [4.69, 9.17) is 14.9 Å². The Kier molecular flexibility index (Phi) is 4.86. The van der Waals surface area contributed by atoms with E-state index >= 15 is 0 Å². The van der Waals surface area contributed by atoms with Gasteiger partial charge in [0.05, 0.1) is 11.5 Å². The van der Waals surface area contributed by atoms with Crippen LogP contribution in [-0.4, -0.2) is 21.7 Å². The lowest BCUT2D eigenvalue weighted by Crippen LogP contribution is -1.96. The molecule has 0 saturated carbocycles. The Hall–Kier alpha value is -2.44. The van der Waals surface area contributed by atoms with Crippen molar-refractivity contribution in [1.82, 2.24) is 0 Å². The second kappa shape index (κ2) is 6.83. The zero-order valence-corrected chi connectivity index (χ0v) is 11.2. The largest absolute Gasteiger partial charge is 0.450 e. The van der Waals surface area contributed by atoms with E-state index in [2.05, 4.69) is 0 Å². The fraction of sp³-hybridized carbons (Fsp3) is 0.200. The van der Waals surface area contributed by atoms with E-state index in [1.54, 1.807) is 30.3 Å². The Morgan fingerprint density at radius 1 is 1.05 bits per heavy atom. The SMILES string of the molecule is O=[N+]([O-])c1cc(CO)ccc1Oc1ccc(CCO)cc1. The van der Waals surface area contributed by atoms with Crippen LogP contribution in [0.3, 0.4) is 0 Å². The molecule has 2 N–H and O–H groups in total. The van der Waals surface area contributed by atoms with Gasteiger partial charge in [-0.05, 0) is 35.7 Å². The summed E-state index contributed by atoms with van der Waals surface area (Å²) in [4.78, 5) is 10.5. The highest BCUT2D eigenvalue weighted by Crippen LogP contribution is 2.32. The molecule has 2 rings (SSSR count). The molecule has 2 aromatic carbocycles. The number of benzene rings is 2. The van der Waals surface area contributed by atoms with Crippen molar-refractivity contribution in [3.05, 3.63) is 63.7 Å². The molecule has 0 saturated heterocycles. The van der Waals surface area contributed by atoms with Crippen LogP contribution in [0.2, 0.25) is 0 Å². The van der Waals surface area contributed by atoms with Crippen LogP contribution in [-0.2, 0) is 13.0 Å². The summed E-state index contributed by atoms with van der Waals surface area (Å²) >= 11 is 0. The molecule has 2 aromatic rings. The molecule has 0 aliphatic rings. The smallest absolute Gasteiger partial charge is 0.311 e. The third kappa shape index (κ3) is 3.77. The molecular weight excluding hydrogens is 274 g/mol.